The van der Waals surface area contributed by atoms with Crippen molar-refractivity contribution in [2.24, 2.45) is 0 Å². The van der Waals surface area contributed by atoms with Gasteiger partial charge in [-0.05, 0) is 30.3 Å². The molecule has 0 radical (unpaired) electrons. The molecule has 0 spiro atoms. The average Bonchev–Trinajstić information content (AvgIpc) is 2.53. The lowest BCUT2D eigenvalue weighted by atomic mass is 10.2. The highest BCUT2D eigenvalue weighted by Gasteiger charge is 2.17. The lowest BCUT2D eigenvalue weighted by molar-refractivity contribution is -0.120. The summed E-state index contributed by atoms with van der Waals surface area (Å²) in [5.74, 6) is -0.682. The molecule has 5 nitrogen and oxygen atoms in total. The van der Waals surface area contributed by atoms with Crippen LogP contribution in [0.5, 0.6) is 0 Å². The maximum atomic E-state index is 12.2. The van der Waals surface area contributed by atoms with E-state index in [0.29, 0.717) is 22.0 Å². The molecule has 0 heterocycles. The van der Waals surface area contributed by atoms with Gasteiger partial charge in [0.2, 0.25) is 11.8 Å². The summed E-state index contributed by atoms with van der Waals surface area (Å²) >= 11 is 5.92. The zero-order valence-corrected chi connectivity index (χ0v) is 13.2. The number of hydrogen-bond acceptors (Lipinski definition) is 3. The molecule has 116 valence electrons. The van der Waals surface area contributed by atoms with Crippen LogP contribution in [0.25, 0.3) is 0 Å². The standard InChI is InChI=1S/C17H14ClN3O2/c1-12(22)21(15-7-4-6-14(18)9-15)11-17(23)20-16-8-3-2-5-13(16)10-19/h2-9H,11H2,1H3,(H,20,23). The molecule has 0 saturated heterocycles. The van der Waals surface area contributed by atoms with Crippen molar-refractivity contribution in [1.82, 2.24) is 0 Å². The molecular weight excluding hydrogens is 314 g/mol. The minimum absolute atomic E-state index is 0.171. The van der Waals surface area contributed by atoms with Crippen LogP contribution in [0.15, 0.2) is 48.5 Å². The van der Waals surface area contributed by atoms with Crippen molar-refractivity contribution in [3.63, 3.8) is 0 Å². The number of carbonyl (C=O) groups is 2. The Morgan fingerprint density at radius 1 is 1.22 bits per heavy atom. The van der Waals surface area contributed by atoms with Gasteiger partial charge in [-0.1, -0.05) is 29.8 Å². The predicted octanol–water partition coefficient (Wildman–Crippen LogP) is 3.20. The Balaban J connectivity index is 2.16. The monoisotopic (exact) mass is 327 g/mol. The van der Waals surface area contributed by atoms with Crippen molar-refractivity contribution in [3.05, 3.63) is 59.1 Å². The van der Waals surface area contributed by atoms with Crippen molar-refractivity contribution in [1.29, 1.82) is 5.26 Å². The average molecular weight is 328 g/mol. The first-order valence-corrected chi connectivity index (χ1v) is 7.21. The third-order valence-electron chi connectivity index (χ3n) is 3.12. The Morgan fingerprint density at radius 2 is 1.96 bits per heavy atom. The summed E-state index contributed by atoms with van der Waals surface area (Å²) in [5.41, 5.74) is 1.31. The van der Waals surface area contributed by atoms with Crippen LogP contribution >= 0.6 is 11.6 Å². The van der Waals surface area contributed by atoms with E-state index in [1.807, 2.05) is 6.07 Å². The first kappa shape index (κ1) is 16.5. The zero-order valence-electron chi connectivity index (χ0n) is 12.4. The van der Waals surface area contributed by atoms with Crippen LogP contribution in [0.1, 0.15) is 12.5 Å². The molecule has 2 aromatic rings. The SMILES string of the molecule is CC(=O)N(CC(=O)Nc1ccccc1C#N)c1cccc(Cl)c1. The fourth-order valence-corrected chi connectivity index (χ4v) is 2.24. The second kappa shape index (κ2) is 7.43. The largest absolute Gasteiger partial charge is 0.323 e. The van der Waals surface area contributed by atoms with Crippen LogP contribution < -0.4 is 10.2 Å². The number of para-hydroxylation sites is 1. The molecule has 0 aliphatic rings. The molecule has 2 rings (SSSR count). The summed E-state index contributed by atoms with van der Waals surface area (Å²) in [6.45, 7) is 1.20. The zero-order chi connectivity index (χ0) is 16.8. The molecule has 0 bridgehead atoms. The van der Waals surface area contributed by atoms with Crippen molar-refractivity contribution >= 4 is 34.8 Å². The molecule has 0 unspecified atom stereocenters. The molecule has 0 aliphatic carbocycles. The molecule has 23 heavy (non-hydrogen) atoms. The van der Waals surface area contributed by atoms with Crippen LogP contribution in [0.2, 0.25) is 5.02 Å². The van der Waals surface area contributed by atoms with Crippen LogP contribution in [-0.4, -0.2) is 18.4 Å². The van der Waals surface area contributed by atoms with Gasteiger partial charge in [0.25, 0.3) is 0 Å². The number of benzene rings is 2. The molecule has 2 amide bonds. The number of nitriles is 1. The second-order valence-electron chi connectivity index (χ2n) is 4.79. The van der Waals surface area contributed by atoms with E-state index in [1.54, 1.807) is 48.5 Å². The fourth-order valence-electron chi connectivity index (χ4n) is 2.05. The van der Waals surface area contributed by atoms with Crippen molar-refractivity contribution in [2.45, 2.75) is 6.92 Å². The van der Waals surface area contributed by atoms with Gasteiger partial charge in [0.15, 0.2) is 0 Å². The lowest BCUT2D eigenvalue weighted by Crippen LogP contribution is -2.36. The minimum Gasteiger partial charge on any atom is -0.323 e. The molecule has 0 aliphatic heterocycles. The molecule has 6 heteroatoms. The topological polar surface area (TPSA) is 73.2 Å². The summed E-state index contributed by atoms with van der Waals surface area (Å²) in [4.78, 5) is 25.3. The lowest BCUT2D eigenvalue weighted by Gasteiger charge is -2.21. The van der Waals surface area contributed by atoms with Crippen molar-refractivity contribution in [2.75, 3.05) is 16.8 Å². The highest BCUT2D eigenvalue weighted by atomic mass is 35.5. The molecular formula is C17H14ClN3O2. The summed E-state index contributed by atoms with van der Waals surface area (Å²) < 4.78 is 0. The third-order valence-corrected chi connectivity index (χ3v) is 3.36. The summed E-state index contributed by atoms with van der Waals surface area (Å²) in [6, 6.07) is 15.4. The van der Waals surface area contributed by atoms with Gasteiger partial charge in [0.1, 0.15) is 12.6 Å². The van der Waals surface area contributed by atoms with Crippen LogP contribution in [0.4, 0.5) is 11.4 Å². The first-order valence-electron chi connectivity index (χ1n) is 6.84. The number of nitrogens with one attached hydrogen (secondary N) is 1. The summed E-state index contributed by atoms with van der Waals surface area (Å²) in [6.07, 6.45) is 0. The number of nitrogens with zero attached hydrogens (tertiary/aromatic N) is 2. The number of carbonyl (C=O) groups excluding carboxylic acids is 2. The van der Waals surface area contributed by atoms with E-state index < -0.39 is 5.91 Å². The van der Waals surface area contributed by atoms with E-state index in [1.165, 1.54) is 11.8 Å². The van der Waals surface area contributed by atoms with Gasteiger partial charge in [0, 0.05) is 17.6 Å². The summed E-state index contributed by atoms with van der Waals surface area (Å²) in [5, 5.41) is 12.1. The Labute approximate surface area is 139 Å². The minimum atomic E-state index is -0.400. The highest BCUT2D eigenvalue weighted by Crippen LogP contribution is 2.20. The van der Waals surface area contributed by atoms with Crippen LogP contribution in [0.3, 0.4) is 0 Å². The molecule has 2 aromatic carbocycles. The Kier molecular flexibility index (Phi) is 5.34. The van der Waals surface area contributed by atoms with Crippen molar-refractivity contribution < 1.29 is 9.59 Å². The van der Waals surface area contributed by atoms with Crippen LogP contribution in [-0.2, 0) is 9.59 Å². The maximum Gasteiger partial charge on any atom is 0.244 e. The van der Waals surface area contributed by atoms with Crippen molar-refractivity contribution in [3.8, 4) is 6.07 Å². The van der Waals surface area contributed by atoms with E-state index in [-0.39, 0.29) is 12.5 Å². The number of hydrogen-bond donors (Lipinski definition) is 1. The van der Waals surface area contributed by atoms with E-state index in [4.69, 9.17) is 16.9 Å². The van der Waals surface area contributed by atoms with E-state index in [2.05, 4.69) is 5.32 Å². The van der Waals surface area contributed by atoms with Gasteiger partial charge in [0.05, 0.1) is 11.3 Å². The molecule has 0 saturated carbocycles. The Morgan fingerprint density at radius 3 is 2.61 bits per heavy atom. The van der Waals surface area contributed by atoms with E-state index >= 15 is 0 Å². The fraction of sp³-hybridized carbons (Fsp3) is 0.118. The van der Waals surface area contributed by atoms with Gasteiger partial charge in [-0.2, -0.15) is 5.26 Å². The Hall–Kier alpha value is -2.84. The van der Waals surface area contributed by atoms with Gasteiger partial charge in [-0.25, -0.2) is 0 Å². The first-order chi connectivity index (χ1) is 11.0. The predicted molar refractivity (Wildman–Crippen MR) is 89.3 cm³/mol. The number of rotatable bonds is 4. The summed E-state index contributed by atoms with van der Waals surface area (Å²) in [7, 11) is 0. The number of halogens is 1. The second-order valence-corrected chi connectivity index (χ2v) is 5.23. The van der Waals surface area contributed by atoms with E-state index in [0.717, 1.165) is 0 Å². The van der Waals surface area contributed by atoms with Gasteiger partial charge in [-0.15, -0.1) is 0 Å². The normalized spacial score (nSPS) is 9.78. The maximum absolute atomic E-state index is 12.2. The van der Waals surface area contributed by atoms with E-state index in [9.17, 15) is 9.59 Å². The number of anilines is 2. The molecule has 0 fully saturated rings. The Bertz CT molecular complexity index is 783. The molecule has 0 atom stereocenters. The van der Waals surface area contributed by atoms with Crippen LogP contribution in [0, 0.1) is 11.3 Å². The quantitative estimate of drug-likeness (QED) is 0.937. The third kappa shape index (κ3) is 4.31. The van der Waals surface area contributed by atoms with Gasteiger partial charge < -0.3 is 10.2 Å². The molecule has 1 N–H and O–H groups in total. The van der Waals surface area contributed by atoms with Gasteiger partial charge >= 0.3 is 0 Å². The number of amides is 2. The highest BCUT2D eigenvalue weighted by molar-refractivity contribution is 6.31. The molecule has 0 aromatic heterocycles. The van der Waals surface area contributed by atoms with Gasteiger partial charge in [-0.3, -0.25) is 9.59 Å². The smallest absolute Gasteiger partial charge is 0.244 e.